The maximum atomic E-state index is 9.66. The molecule has 0 saturated heterocycles. The lowest BCUT2D eigenvalue weighted by Crippen LogP contribution is -2.15. The van der Waals surface area contributed by atoms with E-state index in [0.29, 0.717) is 12.3 Å². The van der Waals surface area contributed by atoms with E-state index in [-0.39, 0.29) is 0 Å². The van der Waals surface area contributed by atoms with Gasteiger partial charge < -0.3 is 19.9 Å². The van der Waals surface area contributed by atoms with Gasteiger partial charge in [0, 0.05) is 25.8 Å². The predicted octanol–water partition coefficient (Wildman–Crippen LogP) is 1.92. The van der Waals surface area contributed by atoms with Crippen molar-refractivity contribution in [3.8, 4) is 11.5 Å². The number of aromatic hydroxyl groups is 1. The SMILES string of the molecule is COCCCCNCc1cc(OC)ccc1O. The van der Waals surface area contributed by atoms with Crippen LogP contribution in [0.2, 0.25) is 0 Å². The van der Waals surface area contributed by atoms with Crippen LogP contribution in [-0.4, -0.2) is 32.5 Å². The summed E-state index contributed by atoms with van der Waals surface area (Å²) in [5.41, 5.74) is 0.857. The van der Waals surface area contributed by atoms with Crippen LogP contribution >= 0.6 is 0 Å². The number of rotatable bonds is 8. The molecule has 2 N–H and O–H groups in total. The lowest BCUT2D eigenvalue weighted by Gasteiger charge is -2.08. The van der Waals surface area contributed by atoms with Crippen LogP contribution in [0.5, 0.6) is 11.5 Å². The lowest BCUT2D eigenvalue weighted by atomic mass is 10.2. The van der Waals surface area contributed by atoms with Gasteiger partial charge in [-0.25, -0.2) is 0 Å². The van der Waals surface area contributed by atoms with Crippen molar-refractivity contribution in [1.82, 2.24) is 5.32 Å². The van der Waals surface area contributed by atoms with Crippen LogP contribution in [0.1, 0.15) is 18.4 Å². The molecule has 0 heterocycles. The zero-order chi connectivity index (χ0) is 12.5. The number of hydrogen-bond donors (Lipinski definition) is 2. The first-order valence-corrected chi connectivity index (χ1v) is 5.83. The highest BCUT2D eigenvalue weighted by molar-refractivity contribution is 5.39. The highest BCUT2D eigenvalue weighted by Crippen LogP contribution is 2.22. The van der Waals surface area contributed by atoms with E-state index in [4.69, 9.17) is 9.47 Å². The quantitative estimate of drug-likeness (QED) is 0.680. The summed E-state index contributed by atoms with van der Waals surface area (Å²) < 4.78 is 10.1. The third-order valence-corrected chi connectivity index (χ3v) is 2.55. The Balaban J connectivity index is 2.30. The zero-order valence-electron chi connectivity index (χ0n) is 10.5. The van der Waals surface area contributed by atoms with Crippen LogP contribution in [0, 0.1) is 0 Å². The summed E-state index contributed by atoms with van der Waals surface area (Å²) in [5, 5.41) is 12.9. The first-order valence-electron chi connectivity index (χ1n) is 5.83. The van der Waals surface area contributed by atoms with Crippen molar-refractivity contribution in [3.63, 3.8) is 0 Å². The van der Waals surface area contributed by atoms with Crippen molar-refractivity contribution in [2.75, 3.05) is 27.4 Å². The molecule has 1 aromatic carbocycles. The third-order valence-electron chi connectivity index (χ3n) is 2.55. The van der Waals surface area contributed by atoms with E-state index >= 15 is 0 Å². The lowest BCUT2D eigenvalue weighted by molar-refractivity contribution is 0.192. The van der Waals surface area contributed by atoms with Gasteiger partial charge in [-0.05, 0) is 37.6 Å². The number of phenolic OH excluding ortho intramolecular Hbond substituents is 1. The van der Waals surface area contributed by atoms with E-state index in [0.717, 1.165) is 37.3 Å². The number of nitrogens with one attached hydrogen (secondary N) is 1. The summed E-state index contributed by atoms with van der Waals surface area (Å²) in [6, 6.07) is 5.25. The minimum absolute atomic E-state index is 0.301. The van der Waals surface area contributed by atoms with E-state index in [2.05, 4.69) is 5.32 Å². The van der Waals surface area contributed by atoms with E-state index in [1.807, 2.05) is 6.07 Å². The smallest absolute Gasteiger partial charge is 0.120 e. The predicted molar refractivity (Wildman–Crippen MR) is 67.5 cm³/mol. The molecular formula is C13H21NO3. The molecule has 0 fully saturated rings. The molecule has 0 radical (unpaired) electrons. The molecule has 0 aromatic heterocycles. The number of benzene rings is 1. The molecular weight excluding hydrogens is 218 g/mol. The first-order chi connectivity index (χ1) is 8.27. The minimum Gasteiger partial charge on any atom is -0.508 e. The Morgan fingerprint density at radius 3 is 2.76 bits per heavy atom. The van der Waals surface area contributed by atoms with E-state index in [1.165, 1.54) is 0 Å². The summed E-state index contributed by atoms with van der Waals surface area (Å²) in [6.45, 7) is 2.36. The van der Waals surface area contributed by atoms with Gasteiger partial charge >= 0.3 is 0 Å². The summed E-state index contributed by atoms with van der Waals surface area (Å²) in [6.07, 6.45) is 2.12. The summed E-state index contributed by atoms with van der Waals surface area (Å²) in [5.74, 6) is 1.06. The van der Waals surface area contributed by atoms with Crippen molar-refractivity contribution >= 4 is 0 Å². The number of ether oxygens (including phenoxy) is 2. The molecule has 0 saturated carbocycles. The Hall–Kier alpha value is -1.26. The normalized spacial score (nSPS) is 10.5. The molecule has 0 spiro atoms. The average molecular weight is 239 g/mol. The maximum Gasteiger partial charge on any atom is 0.120 e. The van der Waals surface area contributed by atoms with Gasteiger partial charge in [0.2, 0.25) is 0 Å². The first kappa shape index (κ1) is 13.8. The molecule has 96 valence electrons. The molecule has 17 heavy (non-hydrogen) atoms. The van der Waals surface area contributed by atoms with Gasteiger partial charge in [0.25, 0.3) is 0 Å². The molecule has 0 amide bonds. The highest BCUT2D eigenvalue weighted by Gasteiger charge is 2.02. The zero-order valence-corrected chi connectivity index (χ0v) is 10.5. The molecule has 0 aliphatic heterocycles. The molecule has 0 unspecified atom stereocenters. The van der Waals surface area contributed by atoms with Crippen LogP contribution in [0.3, 0.4) is 0 Å². The Labute approximate surface area is 103 Å². The number of hydrogen-bond acceptors (Lipinski definition) is 4. The Morgan fingerprint density at radius 1 is 1.24 bits per heavy atom. The molecule has 4 nitrogen and oxygen atoms in total. The van der Waals surface area contributed by atoms with Crippen LogP contribution in [-0.2, 0) is 11.3 Å². The van der Waals surface area contributed by atoms with Crippen LogP contribution in [0.4, 0.5) is 0 Å². The Morgan fingerprint density at radius 2 is 2.06 bits per heavy atom. The van der Waals surface area contributed by atoms with Crippen molar-refractivity contribution in [1.29, 1.82) is 0 Å². The summed E-state index contributed by atoms with van der Waals surface area (Å²) in [7, 11) is 3.33. The molecule has 0 aliphatic rings. The second-order valence-corrected chi connectivity index (χ2v) is 3.87. The highest BCUT2D eigenvalue weighted by atomic mass is 16.5. The van der Waals surface area contributed by atoms with Gasteiger partial charge in [-0.15, -0.1) is 0 Å². The fourth-order valence-corrected chi connectivity index (χ4v) is 1.55. The van der Waals surface area contributed by atoms with E-state index in [1.54, 1.807) is 26.4 Å². The van der Waals surface area contributed by atoms with Crippen molar-refractivity contribution in [2.24, 2.45) is 0 Å². The van der Waals surface area contributed by atoms with Crippen molar-refractivity contribution < 1.29 is 14.6 Å². The van der Waals surface area contributed by atoms with E-state index in [9.17, 15) is 5.11 Å². The Bertz CT molecular complexity index is 328. The molecule has 0 bridgehead atoms. The average Bonchev–Trinajstić information content (AvgIpc) is 2.35. The fourth-order valence-electron chi connectivity index (χ4n) is 1.55. The van der Waals surface area contributed by atoms with Gasteiger partial charge in [0.1, 0.15) is 11.5 Å². The van der Waals surface area contributed by atoms with Gasteiger partial charge in [0.05, 0.1) is 7.11 Å². The number of methoxy groups -OCH3 is 2. The summed E-state index contributed by atoms with van der Waals surface area (Å²) in [4.78, 5) is 0. The maximum absolute atomic E-state index is 9.66. The van der Waals surface area contributed by atoms with Crippen molar-refractivity contribution in [3.05, 3.63) is 23.8 Å². The van der Waals surface area contributed by atoms with Crippen LogP contribution in [0.25, 0.3) is 0 Å². The van der Waals surface area contributed by atoms with Gasteiger partial charge in [-0.3, -0.25) is 0 Å². The monoisotopic (exact) mass is 239 g/mol. The number of phenols is 1. The molecule has 4 heteroatoms. The fraction of sp³-hybridized carbons (Fsp3) is 0.538. The van der Waals surface area contributed by atoms with Gasteiger partial charge in [-0.1, -0.05) is 0 Å². The van der Waals surface area contributed by atoms with Crippen molar-refractivity contribution in [2.45, 2.75) is 19.4 Å². The van der Waals surface area contributed by atoms with E-state index < -0.39 is 0 Å². The topological polar surface area (TPSA) is 50.7 Å². The molecule has 1 rings (SSSR count). The second-order valence-electron chi connectivity index (χ2n) is 3.87. The van der Waals surface area contributed by atoms with Gasteiger partial charge in [-0.2, -0.15) is 0 Å². The van der Waals surface area contributed by atoms with Crippen LogP contribution < -0.4 is 10.1 Å². The molecule has 1 aromatic rings. The molecule has 0 aliphatic carbocycles. The van der Waals surface area contributed by atoms with Gasteiger partial charge in [0.15, 0.2) is 0 Å². The third kappa shape index (κ3) is 5.06. The standard InChI is InChI=1S/C13H21NO3/c1-16-8-4-3-7-14-10-11-9-12(17-2)5-6-13(11)15/h5-6,9,14-15H,3-4,7-8,10H2,1-2H3. The minimum atomic E-state index is 0.301. The largest absolute Gasteiger partial charge is 0.508 e. The second kappa shape index (κ2) is 7.92. The Kier molecular flexibility index (Phi) is 6.43. The molecule has 0 atom stereocenters. The van der Waals surface area contributed by atoms with Crippen LogP contribution in [0.15, 0.2) is 18.2 Å². The number of unbranched alkanes of at least 4 members (excludes halogenated alkanes) is 1. The summed E-state index contributed by atoms with van der Waals surface area (Å²) >= 11 is 0.